The highest BCUT2D eigenvalue weighted by Gasteiger charge is 2.15. The molecule has 0 spiro atoms. The quantitative estimate of drug-likeness (QED) is 0.817. The zero-order valence-electron chi connectivity index (χ0n) is 9.52. The van der Waals surface area contributed by atoms with Gasteiger partial charge in [0.15, 0.2) is 0 Å². The summed E-state index contributed by atoms with van der Waals surface area (Å²) in [4.78, 5) is 2.54. The number of rotatable bonds is 3. The zero-order chi connectivity index (χ0) is 10.5. The number of hydrogen-bond donors (Lipinski definition) is 1. The summed E-state index contributed by atoms with van der Waals surface area (Å²) in [5.41, 5.74) is 3.54. The van der Waals surface area contributed by atoms with E-state index in [2.05, 4.69) is 46.5 Å². The van der Waals surface area contributed by atoms with E-state index in [0.29, 0.717) is 6.04 Å². The van der Waals surface area contributed by atoms with E-state index in [-0.39, 0.29) is 0 Å². The molecule has 0 aliphatic carbocycles. The van der Waals surface area contributed by atoms with Crippen molar-refractivity contribution in [2.45, 2.75) is 32.2 Å². The van der Waals surface area contributed by atoms with Crippen molar-refractivity contribution >= 4 is 0 Å². The molecule has 1 fully saturated rings. The summed E-state index contributed by atoms with van der Waals surface area (Å²) in [7, 11) is 0. The summed E-state index contributed by atoms with van der Waals surface area (Å²) in [6.45, 7) is 5.94. The molecule has 1 N–H and O–H groups in total. The molecule has 0 aromatic carbocycles. The number of aromatic nitrogens is 1. The number of nitrogens with zero attached hydrogens (tertiary/aromatic N) is 2. The molecule has 0 saturated carbocycles. The lowest BCUT2D eigenvalue weighted by Crippen LogP contribution is -2.29. The summed E-state index contributed by atoms with van der Waals surface area (Å²) < 4.78 is 2.08. The van der Waals surface area contributed by atoms with Crippen LogP contribution >= 0.6 is 0 Å². The minimum Gasteiger partial charge on any atom is -0.323 e. The Labute approximate surface area is 92.0 Å². The van der Waals surface area contributed by atoms with Gasteiger partial charge in [-0.2, -0.15) is 0 Å². The van der Waals surface area contributed by atoms with Crippen molar-refractivity contribution in [2.75, 3.05) is 25.1 Å². The fourth-order valence-electron chi connectivity index (χ4n) is 2.23. The molecular formula is C12H21N3. The Morgan fingerprint density at radius 2 is 2.00 bits per heavy atom. The number of nitrogens with one attached hydrogen (secondary N) is 1. The molecule has 2 heterocycles. The van der Waals surface area contributed by atoms with E-state index in [1.165, 1.54) is 38.9 Å². The molecule has 1 saturated heterocycles. The first-order chi connectivity index (χ1) is 7.38. The minimum atomic E-state index is 0.633. The van der Waals surface area contributed by atoms with Gasteiger partial charge in [-0.05, 0) is 44.5 Å². The molecule has 0 radical (unpaired) electrons. The Morgan fingerprint density at radius 1 is 1.20 bits per heavy atom. The van der Waals surface area contributed by atoms with Crippen molar-refractivity contribution in [3.05, 3.63) is 24.5 Å². The van der Waals surface area contributed by atoms with Crippen LogP contribution in [0, 0.1) is 0 Å². The Hall–Kier alpha value is -0.960. The van der Waals surface area contributed by atoms with E-state index in [1.54, 1.807) is 0 Å². The second-order valence-electron chi connectivity index (χ2n) is 4.28. The monoisotopic (exact) mass is 207 g/mol. The van der Waals surface area contributed by atoms with Gasteiger partial charge in [-0.15, -0.1) is 0 Å². The van der Waals surface area contributed by atoms with Crippen LogP contribution in [0.3, 0.4) is 0 Å². The van der Waals surface area contributed by atoms with Crippen molar-refractivity contribution in [1.29, 1.82) is 0 Å². The zero-order valence-corrected chi connectivity index (χ0v) is 9.52. The molecule has 1 atom stereocenters. The van der Waals surface area contributed by atoms with Crippen LogP contribution in [0.4, 0.5) is 0 Å². The maximum absolute atomic E-state index is 3.54. The fraction of sp³-hybridized carbons (Fsp3) is 0.667. The summed E-state index contributed by atoms with van der Waals surface area (Å²) in [5.74, 6) is 0. The molecule has 1 aromatic heterocycles. The SMILES string of the molecule is CCN1CCCC(Nn2cccc2)CC1. The molecule has 3 nitrogen and oxygen atoms in total. The van der Waals surface area contributed by atoms with Gasteiger partial charge in [0.05, 0.1) is 0 Å². The van der Waals surface area contributed by atoms with Crippen molar-refractivity contribution in [3.8, 4) is 0 Å². The molecule has 1 aliphatic heterocycles. The molecule has 1 unspecified atom stereocenters. The van der Waals surface area contributed by atoms with Crippen LogP contribution in [0.2, 0.25) is 0 Å². The Bertz CT molecular complexity index is 268. The molecule has 2 rings (SSSR count). The summed E-state index contributed by atoms with van der Waals surface area (Å²) in [6.07, 6.45) is 8.00. The van der Waals surface area contributed by atoms with E-state index < -0.39 is 0 Å². The second-order valence-corrected chi connectivity index (χ2v) is 4.28. The fourth-order valence-corrected chi connectivity index (χ4v) is 2.23. The first-order valence-corrected chi connectivity index (χ1v) is 6.00. The topological polar surface area (TPSA) is 20.2 Å². The van der Waals surface area contributed by atoms with Gasteiger partial charge in [0, 0.05) is 25.0 Å². The normalized spacial score (nSPS) is 23.7. The highest BCUT2D eigenvalue weighted by Crippen LogP contribution is 2.11. The lowest BCUT2D eigenvalue weighted by molar-refractivity contribution is 0.299. The Balaban J connectivity index is 1.83. The van der Waals surface area contributed by atoms with Crippen LogP contribution < -0.4 is 5.43 Å². The van der Waals surface area contributed by atoms with E-state index in [4.69, 9.17) is 0 Å². The van der Waals surface area contributed by atoms with E-state index in [0.717, 1.165) is 0 Å². The summed E-state index contributed by atoms with van der Waals surface area (Å²) >= 11 is 0. The molecule has 0 bridgehead atoms. The van der Waals surface area contributed by atoms with Gasteiger partial charge in [-0.3, -0.25) is 4.68 Å². The van der Waals surface area contributed by atoms with Crippen LogP contribution in [0.5, 0.6) is 0 Å². The Kier molecular flexibility index (Phi) is 3.67. The molecule has 0 amide bonds. The lowest BCUT2D eigenvalue weighted by Gasteiger charge is -2.19. The number of likely N-dealkylation sites (tertiary alicyclic amines) is 1. The van der Waals surface area contributed by atoms with Gasteiger partial charge < -0.3 is 10.3 Å². The summed E-state index contributed by atoms with van der Waals surface area (Å²) in [6, 6.07) is 4.75. The average Bonchev–Trinajstić information content (AvgIpc) is 2.64. The van der Waals surface area contributed by atoms with Gasteiger partial charge in [0.1, 0.15) is 0 Å². The van der Waals surface area contributed by atoms with Crippen molar-refractivity contribution in [3.63, 3.8) is 0 Å². The molecular weight excluding hydrogens is 186 g/mol. The summed E-state index contributed by atoms with van der Waals surface area (Å²) in [5, 5.41) is 0. The third-order valence-corrected chi connectivity index (χ3v) is 3.20. The van der Waals surface area contributed by atoms with Gasteiger partial charge in [0.25, 0.3) is 0 Å². The van der Waals surface area contributed by atoms with Crippen molar-refractivity contribution in [2.24, 2.45) is 0 Å². The van der Waals surface area contributed by atoms with Crippen LogP contribution in [0.25, 0.3) is 0 Å². The second kappa shape index (κ2) is 5.21. The predicted octanol–water partition coefficient (Wildman–Crippen LogP) is 1.91. The maximum Gasteiger partial charge on any atom is 0.0437 e. The Morgan fingerprint density at radius 3 is 2.73 bits per heavy atom. The third-order valence-electron chi connectivity index (χ3n) is 3.20. The smallest absolute Gasteiger partial charge is 0.0437 e. The standard InChI is InChI=1S/C12H21N3/c1-2-14-8-5-6-12(7-11-14)13-15-9-3-4-10-15/h3-4,9-10,12-13H,2,5-8,11H2,1H3. The van der Waals surface area contributed by atoms with Gasteiger partial charge >= 0.3 is 0 Å². The first-order valence-electron chi connectivity index (χ1n) is 6.00. The number of hydrogen-bond acceptors (Lipinski definition) is 2. The molecule has 3 heteroatoms. The van der Waals surface area contributed by atoms with E-state index in [1.807, 2.05) is 0 Å². The highest BCUT2D eigenvalue weighted by atomic mass is 15.4. The van der Waals surface area contributed by atoms with Crippen LogP contribution in [0.1, 0.15) is 26.2 Å². The average molecular weight is 207 g/mol. The lowest BCUT2D eigenvalue weighted by atomic mass is 10.1. The van der Waals surface area contributed by atoms with Crippen LogP contribution in [-0.4, -0.2) is 35.3 Å². The largest absolute Gasteiger partial charge is 0.323 e. The van der Waals surface area contributed by atoms with Gasteiger partial charge in [0.2, 0.25) is 0 Å². The molecule has 84 valence electrons. The maximum atomic E-state index is 3.54. The minimum absolute atomic E-state index is 0.633. The molecule has 1 aliphatic rings. The first kappa shape index (κ1) is 10.6. The predicted molar refractivity (Wildman–Crippen MR) is 63.5 cm³/mol. The van der Waals surface area contributed by atoms with Crippen molar-refractivity contribution in [1.82, 2.24) is 9.58 Å². The van der Waals surface area contributed by atoms with Gasteiger partial charge in [-0.25, -0.2) is 0 Å². The van der Waals surface area contributed by atoms with Gasteiger partial charge in [-0.1, -0.05) is 6.92 Å². The van der Waals surface area contributed by atoms with E-state index in [9.17, 15) is 0 Å². The third kappa shape index (κ3) is 2.99. The van der Waals surface area contributed by atoms with Crippen molar-refractivity contribution < 1.29 is 0 Å². The van der Waals surface area contributed by atoms with Crippen LogP contribution in [-0.2, 0) is 0 Å². The molecule has 15 heavy (non-hydrogen) atoms. The molecule has 1 aromatic rings. The highest BCUT2D eigenvalue weighted by molar-refractivity contribution is 4.96. The van der Waals surface area contributed by atoms with Crippen LogP contribution in [0.15, 0.2) is 24.5 Å². The van der Waals surface area contributed by atoms with E-state index >= 15 is 0 Å².